The predicted molar refractivity (Wildman–Crippen MR) is 68.3 cm³/mol. The van der Waals surface area contributed by atoms with Crippen molar-refractivity contribution in [3.05, 3.63) is 41.3 Å². The minimum atomic E-state index is 0.745. The Morgan fingerprint density at radius 3 is 2.69 bits per heavy atom. The molecular formula is C12H7NOS2. The van der Waals surface area contributed by atoms with Crippen LogP contribution in [0, 0.1) is 0 Å². The minimum absolute atomic E-state index is 0.745. The molecule has 0 saturated carbocycles. The zero-order chi connectivity index (χ0) is 11.0. The van der Waals surface area contributed by atoms with Crippen LogP contribution in [0.3, 0.4) is 0 Å². The SMILES string of the molecule is O=Cc1ccc(-c2nc3ccccc3s2)s1. The maximum atomic E-state index is 10.6. The lowest BCUT2D eigenvalue weighted by molar-refractivity contribution is 0.112. The molecule has 0 saturated heterocycles. The Kier molecular flexibility index (Phi) is 2.31. The maximum absolute atomic E-state index is 10.6. The molecule has 0 N–H and O–H groups in total. The summed E-state index contributed by atoms with van der Waals surface area (Å²) in [5, 5.41) is 0.985. The van der Waals surface area contributed by atoms with Gasteiger partial charge in [0.1, 0.15) is 5.01 Å². The van der Waals surface area contributed by atoms with Gasteiger partial charge in [0.2, 0.25) is 0 Å². The molecule has 0 bridgehead atoms. The Balaban J connectivity index is 2.14. The molecule has 0 fully saturated rings. The van der Waals surface area contributed by atoms with Crippen molar-refractivity contribution in [2.24, 2.45) is 0 Å². The third kappa shape index (κ3) is 1.56. The molecule has 0 spiro atoms. The number of aromatic nitrogens is 1. The largest absolute Gasteiger partial charge is 0.297 e. The smallest absolute Gasteiger partial charge is 0.160 e. The van der Waals surface area contributed by atoms with Gasteiger partial charge in [0.05, 0.1) is 20.0 Å². The molecule has 0 atom stereocenters. The van der Waals surface area contributed by atoms with E-state index in [1.165, 1.54) is 16.0 Å². The molecule has 0 aliphatic heterocycles. The minimum Gasteiger partial charge on any atom is -0.297 e. The van der Waals surface area contributed by atoms with E-state index in [2.05, 4.69) is 11.1 Å². The highest BCUT2D eigenvalue weighted by molar-refractivity contribution is 7.26. The van der Waals surface area contributed by atoms with Crippen molar-refractivity contribution in [1.29, 1.82) is 0 Å². The van der Waals surface area contributed by atoms with Crippen LogP contribution in [0.4, 0.5) is 0 Å². The monoisotopic (exact) mass is 245 g/mol. The molecular weight excluding hydrogens is 238 g/mol. The van der Waals surface area contributed by atoms with Gasteiger partial charge in [0.25, 0.3) is 0 Å². The van der Waals surface area contributed by atoms with E-state index >= 15 is 0 Å². The fourth-order valence-corrected chi connectivity index (χ4v) is 3.35. The van der Waals surface area contributed by atoms with Gasteiger partial charge < -0.3 is 0 Å². The lowest BCUT2D eigenvalue weighted by atomic mass is 10.3. The summed E-state index contributed by atoms with van der Waals surface area (Å²) < 4.78 is 1.18. The first-order valence-electron chi connectivity index (χ1n) is 4.78. The van der Waals surface area contributed by atoms with E-state index in [9.17, 15) is 4.79 Å². The van der Waals surface area contributed by atoms with Crippen molar-refractivity contribution >= 4 is 39.2 Å². The molecule has 2 heterocycles. The summed E-state index contributed by atoms with van der Waals surface area (Å²) >= 11 is 3.14. The molecule has 3 aromatic rings. The number of hydrogen-bond donors (Lipinski definition) is 0. The standard InChI is InChI=1S/C12H7NOS2/c14-7-8-5-6-11(15-8)12-13-9-3-1-2-4-10(9)16-12/h1-7H. The molecule has 2 aromatic heterocycles. The number of carbonyl (C=O) groups excluding carboxylic acids is 1. The number of rotatable bonds is 2. The van der Waals surface area contributed by atoms with Crippen molar-refractivity contribution in [3.63, 3.8) is 0 Å². The van der Waals surface area contributed by atoms with E-state index in [1.54, 1.807) is 11.3 Å². The van der Waals surface area contributed by atoms with Gasteiger partial charge in [-0.1, -0.05) is 12.1 Å². The number of para-hydroxylation sites is 1. The molecule has 0 amide bonds. The van der Waals surface area contributed by atoms with Crippen LogP contribution in [0.1, 0.15) is 9.67 Å². The van der Waals surface area contributed by atoms with Crippen molar-refractivity contribution in [3.8, 4) is 9.88 Å². The van der Waals surface area contributed by atoms with Crippen molar-refractivity contribution in [1.82, 2.24) is 4.98 Å². The van der Waals surface area contributed by atoms with Gasteiger partial charge in [0, 0.05) is 0 Å². The summed E-state index contributed by atoms with van der Waals surface area (Å²) in [6, 6.07) is 11.8. The van der Waals surface area contributed by atoms with Gasteiger partial charge in [0.15, 0.2) is 6.29 Å². The van der Waals surface area contributed by atoms with E-state index in [0.717, 1.165) is 26.6 Å². The van der Waals surface area contributed by atoms with Crippen LogP contribution >= 0.6 is 22.7 Å². The van der Waals surface area contributed by atoms with E-state index < -0.39 is 0 Å². The van der Waals surface area contributed by atoms with Crippen LogP contribution in [-0.2, 0) is 0 Å². The first-order valence-corrected chi connectivity index (χ1v) is 6.41. The molecule has 78 valence electrons. The second-order valence-electron chi connectivity index (χ2n) is 3.31. The molecule has 0 aliphatic rings. The normalized spacial score (nSPS) is 10.8. The van der Waals surface area contributed by atoms with Crippen LogP contribution in [0.5, 0.6) is 0 Å². The Bertz CT molecular complexity index is 621. The van der Waals surface area contributed by atoms with Gasteiger partial charge >= 0.3 is 0 Å². The number of nitrogens with zero attached hydrogens (tertiary/aromatic N) is 1. The predicted octanol–water partition coefficient (Wildman–Crippen LogP) is 3.84. The zero-order valence-corrected chi connectivity index (χ0v) is 9.85. The number of aldehydes is 1. The first kappa shape index (κ1) is 9.69. The van der Waals surface area contributed by atoms with E-state index in [-0.39, 0.29) is 0 Å². The molecule has 2 nitrogen and oxygen atoms in total. The number of thiazole rings is 1. The highest BCUT2D eigenvalue weighted by Crippen LogP contribution is 2.33. The average Bonchev–Trinajstić information content (AvgIpc) is 2.95. The van der Waals surface area contributed by atoms with Crippen LogP contribution in [-0.4, -0.2) is 11.3 Å². The van der Waals surface area contributed by atoms with Crippen molar-refractivity contribution in [2.45, 2.75) is 0 Å². The summed E-state index contributed by atoms with van der Waals surface area (Å²) in [6.07, 6.45) is 0.876. The molecule has 0 unspecified atom stereocenters. The number of hydrogen-bond acceptors (Lipinski definition) is 4. The zero-order valence-electron chi connectivity index (χ0n) is 8.21. The summed E-state index contributed by atoms with van der Waals surface area (Å²) in [6.45, 7) is 0. The Labute approximate surface area is 100 Å². The quantitative estimate of drug-likeness (QED) is 0.642. The van der Waals surface area contributed by atoms with Crippen LogP contribution in [0.15, 0.2) is 36.4 Å². The van der Waals surface area contributed by atoms with Gasteiger partial charge in [-0.05, 0) is 24.3 Å². The first-order chi connectivity index (χ1) is 7.86. The third-order valence-corrected chi connectivity index (χ3v) is 4.46. The van der Waals surface area contributed by atoms with Gasteiger partial charge in [-0.15, -0.1) is 22.7 Å². The van der Waals surface area contributed by atoms with Gasteiger partial charge in [-0.3, -0.25) is 4.79 Å². The van der Waals surface area contributed by atoms with E-state index in [4.69, 9.17) is 0 Å². The van der Waals surface area contributed by atoms with E-state index in [1.807, 2.05) is 30.3 Å². The van der Waals surface area contributed by atoms with Crippen molar-refractivity contribution < 1.29 is 4.79 Å². The molecule has 4 heteroatoms. The number of fused-ring (bicyclic) bond motifs is 1. The topological polar surface area (TPSA) is 30.0 Å². The summed E-state index contributed by atoms with van der Waals surface area (Å²) in [5.74, 6) is 0. The van der Waals surface area contributed by atoms with Gasteiger partial charge in [-0.25, -0.2) is 4.98 Å². The number of thiophene rings is 1. The second kappa shape index (κ2) is 3.81. The van der Waals surface area contributed by atoms with Crippen LogP contribution in [0.2, 0.25) is 0 Å². The summed E-state index contributed by atoms with van der Waals surface area (Å²) in [4.78, 5) is 17.0. The van der Waals surface area contributed by atoms with Crippen LogP contribution < -0.4 is 0 Å². The summed E-state index contributed by atoms with van der Waals surface area (Å²) in [5.41, 5.74) is 1.02. The fraction of sp³-hybridized carbons (Fsp3) is 0. The molecule has 16 heavy (non-hydrogen) atoms. The average molecular weight is 245 g/mol. The highest BCUT2D eigenvalue weighted by atomic mass is 32.1. The van der Waals surface area contributed by atoms with Crippen LogP contribution in [0.25, 0.3) is 20.1 Å². The Hall–Kier alpha value is -1.52. The van der Waals surface area contributed by atoms with Crippen molar-refractivity contribution in [2.75, 3.05) is 0 Å². The fourth-order valence-electron chi connectivity index (χ4n) is 1.51. The molecule has 0 radical (unpaired) electrons. The number of carbonyl (C=O) groups is 1. The molecule has 1 aromatic carbocycles. The third-order valence-electron chi connectivity index (χ3n) is 2.25. The second-order valence-corrected chi connectivity index (χ2v) is 5.45. The van der Waals surface area contributed by atoms with Gasteiger partial charge in [-0.2, -0.15) is 0 Å². The number of benzene rings is 1. The maximum Gasteiger partial charge on any atom is 0.160 e. The highest BCUT2D eigenvalue weighted by Gasteiger charge is 2.07. The molecule has 3 rings (SSSR count). The molecule has 0 aliphatic carbocycles. The summed E-state index contributed by atoms with van der Waals surface area (Å²) in [7, 11) is 0. The Morgan fingerprint density at radius 2 is 1.94 bits per heavy atom. The Morgan fingerprint density at radius 1 is 1.06 bits per heavy atom. The van der Waals surface area contributed by atoms with E-state index in [0.29, 0.717) is 0 Å². The lowest BCUT2D eigenvalue weighted by Crippen LogP contribution is -1.68. The lowest BCUT2D eigenvalue weighted by Gasteiger charge is -1.85.